The number of hydrogen-bond donors (Lipinski definition) is 0. The zero-order valence-electron chi connectivity index (χ0n) is 18.4. The number of benzene rings is 2. The van der Waals surface area contributed by atoms with Crippen molar-refractivity contribution >= 4 is 5.78 Å². The molecule has 4 nitrogen and oxygen atoms in total. The van der Waals surface area contributed by atoms with Crippen LogP contribution in [0.4, 0.5) is 0 Å². The van der Waals surface area contributed by atoms with Crippen LogP contribution in [0.3, 0.4) is 0 Å². The zero-order valence-corrected chi connectivity index (χ0v) is 18.4. The first kappa shape index (κ1) is 21.6. The molecule has 2 aromatic carbocycles. The van der Waals surface area contributed by atoms with Crippen LogP contribution in [-0.4, -0.2) is 15.3 Å². The fourth-order valence-corrected chi connectivity index (χ4v) is 3.69. The Morgan fingerprint density at radius 3 is 2.50 bits per heavy atom. The molecule has 2 heterocycles. The summed E-state index contributed by atoms with van der Waals surface area (Å²) in [4.78, 5) is 16.4. The second-order valence-electron chi connectivity index (χ2n) is 7.91. The molecule has 0 bridgehead atoms. The van der Waals surface area contributed by atoms with E-state index in [1.807, 2.05) is 60.8 Å². The van der Waals surface area contributed by atoms with Gasteiger partial charge in [-0.2, -0.15) is 0 Å². The van der Waals surface area contributed by atoms with E-state index >= 15 is 0 Å². The van der Waals surface area contributed by atoms with Crippen LogP contribution in [0.5, 0.6) is 5.75 Å². The maximum Gasteiger partial charge on any atom is 0.137 e. The van der Waals surface area contributed by atoms with Crippen LogP contribution in [-0.2, 0) is 30.8 Å². The van der Waals surface area contributed by atoms with Gasteiger partial charge in [-0.3, -0.25) is 9.78 Å². The summed E-state index contributed by atoms with van der Waals surface area (Å²) in [6.45, 7) is 3.56. The third-order valence-electron chi connectivity index (χ3n) is 5.55. The monoisotopic (exact) mass is 424 g/mol. The molecule has 0 amide bonds. The summed E-state index contributed by atoms with van der Waals surface area (Å²) in [6, 6.07) is 22.3. The molecule has 0 spiro atoms. The Hall–Kier alpha value is -3.66. The second-order valence-corrected chi connectivity index (χ2v) is 7.91. The SMILES string of the molecule is CCn1ccc(-c2ccccc2OCc2ccc(CC(=O)CCc3cccnc3)cc2)c1. The molecule has 0 aliphatic heterocycles. The summed E-state index contributed by atoms with van der Waals surface area (Å²) in [7, 11) is 0. The molecule has 162 valence electrons. The standard InChI is InChI=1S/C28H28N2O2/c1-2-30-17-15-25(20-30)27-7-3-4-8-28(27)32-21-24-11-9-22(10-12-24)18-26(31)14-13-23-6-5-16-29-19-23/h3-12,15-17,19-20H,2,13-14,18,21H2,1H3. The van der Waals surface area contributed by atoms with E-state index in [4.69, 9.17) is 4.74 Å². The topological polar surface area (TPSA) is 44.1 Å². The van der Waals surface area contributed by atoms with Crippen molar-refractivity contribution < 1.29 is 9.53 Å². The Bertz CT molecular complexity index is 1150. The number of carbonyl (C=O) groups excluding carboxylic acids is 1. The maximum absolute atomic E-state index is 12.3. The molecule has 4 rings (SSSR count). The minimum absolute atomic E-state index is 0.241. The predicted molar refractivity (Wildman–Crippen MR) is 128 cm³/mol. The van der Waals surface area contributed by atoms with Crippen molar-refractivity contribution in [3.05, 3.63) is 108 Å². The first-order valence-corrected chi connectivity index (χ1v) is 11.1. The van der Waals surface area contributed by atoms with Gasteiger partial charge in [-0.1, -0.05) is 48.5 Å². The fourth-order valence-electron chi connectivity index (χ4n) is 3.69. The van der Waals surface area contributed by atoms with E-state index in [-0.39, 0.29) is 5.78 Å². The van der Waals surface area contributed by atoms with Crippen molar-refractivity contribution in [2.45, 2.75) is 39.3 Å². The number of Topliss-reactive ketones (excluding diaryl/α,β-unsaturated/α-hetero) is 1. The lowest BCUT2D eigenvalue weighted by Gasteiger charge is -2.11. The van der Waals surface area contributed by atoms with E-state index in [1.165, 1.54) is 0 Å². The molecule has 0 saturated carbocycles. The van der Waals surface area contributed by atoms with Crippen LogP contribution >= 0.6 is 0 Å². The summed E-state index contributed by atoms with van der Waals surface area (Å²) >= 11 is 0. The maximum atomic E-state index is 12.3. The van der Waals surface area contributed by atoms with Crippen molar-refractivity contribution in [1.82, 2.24) is 9.55 Å². The van der Waals surface area contributed by atoms with Gasteiger partial charge in [0.1, 0.15) is 18.1 Å². The minimum Gasteiger partial charge on any atom is -0.488 e. The molecule has 0 N–H and O–H groups in total. The highest BCUT2D eigenvalue weighted by Crippen LogP contribution is 2.30. The van der Waals surface area contributed by atoms with Crippen molar-refractivity contribution in [2.24, 2.45) is 0 Å². The van der Waals surface area contributed by atoms with Gasteiger partial charge in [0, 0.05) is 55.3 Å². The molecule has 32 heavy (non-hydrogen) atoms. The Balaban J connectivity index is 1.32. The Morgan fingerprint density at radius 1 is 0.938 bits per heavy atom. The van der Waals surface area contributed by atoms with Gasteiger partial charge in [0.15, 0.2) is 0 Å². The highest BCUT2D eigenvalue weighted by molar-refractivity contribution is 5.81. The highest BCUT2D eigenvalue weighted by Gasteiger charge is 2.08. The lowest BCUT2D eigenvalue weighted by molar-refractivity contribution is -0.118. The van der Waals surface area contributed by atoms with Crippen molar-refractivity contribution in [3.8, 4) is 16.9 Å². The third kappa shape index (κ3) is 5.73. The first-order valence-electron chi connectivity index (χ1n) is 11.1. The lowest BCUT2D eigenvalue weighted by atomic mass is 10.0. The van der Waals surface area contributed by atoms with Gasteiger partial charge < -0.3 is 9.30 Å². The summed E-state index contributed by atoms with van der Waals surface area (Å²) in [6.07, 6.45) is 9.52. The largest absolute Gasteiger partial charge is 0.488 e. The quantitative estimate of drug-likeness (QED) is 0.319. The number of para-hydroxylation sites is 1. The van der Waals surface area contributed by atoms with Crippen LogP contribution in [0.25, 0.3) is 11.1 Å². The van der Waals surface area contributed by atoms with Gasteiger partial charge in [-0.15, -0.1) is 0 Å². The van der Waals surface area contributed by atoms with Gasteiger partial charge in [0.2, 0.25) is 0 Å². The van der Waals surface area contributed by atoms with Crippen LogP contribution < -0.4 is 4.74 Å². The highest BCUT2D eigenvalue weighted by atomic mass is 16.5. The average Bonchev–Trinajstić information content (AvgIpc) is 3.32. The lowest BCUT2D eigenvalue weighted by Crippen LogP contribution is -2.05. The molecule has 4 heteroatoms. The molecular formula is C28H28N2O2. The number of aryl methyl sites for hydroxylation is 2. The summed E-state index contributed by atoms with van der Waals surface area (Å²) in [5, 5.41) is 0. The van der Waals surface area contributed by atoms with Gasteiger partial charge in [0.05, 0.1) is 0 Å². The molecular weight excluding hydrogens is 396 g/mol. The van der Waals surface area contributed by atoms with Crippen LogP contribution in [0.2, 0.25) is 0 Å². The van der Waals surface area contributed by atoms with Gasteiger partial charge in [0.25, 0.3) is 0 Å². The molecule has 0 unspecified atom stereocenters. The van der Waals surface area contributed by atoms with Crippen LogP contribution in [0.15, 0.2) is 91.5 Å². The zero-order chi connectivity index (χ0) is 22.2. The molecule has 0 fully saturated rings. The minimum atomic E-state index is 0.241. The predicted octanol–water partition coefficient (Wildman–Crippen LogP) is 5.89. The van der Waals surface area contributed by atoms with Crippen molar-refractivity contribution in [3.63, 3.8) is 0 Å². The fraction of sp³-hybridized carbons (Fsp3) is 0.214. The van der Waals surface area contributed by atoms with Crippen LogP contribution in [0.1, 0.15) is 30.0 Å². The van der Waals surface area contributed by atoms with Crippen LogP contribution in [0, 0.1) is 0 Å². The molecule has 2 aromatic heterocycles. The normalized spacial score (nSPS) is 10.8. The molecule has 0 atom stereocenters. The molecule has 4 aromatic rings. The number of pyridine rings is 1. The number of aromatic nitrogens is 2. The summed E-state index contributed by atoms with van der Waals surface area (Å²) < 4.78 is 8.30. The number of ketones is 1. The molecule has 0 radical (unpaired) electrons. The summed E-state index contributed by atoms with van der Waals surface area (Å²) in [5.41, 5.74) is 5.46. The van der Waals surface area contributed by atoms with E-state index in [0.29, 0.717) is 19.4 Å². The van der Waals surface area contributed by atoms with E-state index in [1.54, 1.807) is 6.20 Å². The second kappa shape index (κ2) is 10.6. The number of hydrogen-bond acceptors (Lipinski definition) is 3. The average molecular weight is 425 g/mol. The van der Waals surface area contributed by atoms with E-state index in [0.717, 1.165) is 46.5 Å². The number of ether oxygens (including phenoxy) is 1. The smallest absolute Gasteiger partial charge is 0.137 e. The number of rotatable bonds is 10. The van der Waals surface area contributed by atoms with Crippen molar-refractivity contribution in [1.29, 1.82) is 0 Å². The number of carbonyl (C=O) groups is 1. The first-order chi connectivity index (χ1) is 15.7. The van der Waals surface area contributed by atoms with Gasteiger partial charge in [-0.25, -0.2) is 0 Å². The number of nitrogens with zero attached hydrogens (tertiary/aromatic N) is 2. The Morgan fingerprint density at radius 2 is 1.75 bits per heavy atom. The van der Waals surface area contributed by atoms with Gasteiger partial charge in [-0.05, 0) is 48.2 Å². The molecule has 0 aliphatic carbocycles. The Kier molecular flexibility index (Phi) is 7.13. The van der Waals surface area contributed by atoms with E-state index in [9.17, 15) is 4.79 Å². The van der Waals surface area contributed by atoms with E-state index < -0.39 is 0 Å². The molecule has 0 aliphatic rings. The van der Waals surface area contributed by atoms with Crippen molar-refractivity contribution in [2.75, 3.05) is 0 Å². The third-order valence-corrected chi connectivity index (χ3v) is 5.55. The van der Waals surface area contributed by atoms with Gasteiger partial charge >= 0.3 is 0 Å². The Labute approximate surface area is 189 Å². The summed E-state index contributed by atoms with van der Waals surface area (Å²) in [5.74, 6) is 1.11. The molecule has 0 saturated heterocycles. The van der Waals surface area contributed by atoms with E-state index in [2.05, 4.69) is 41.0 Å².